The fraction of sp³-hybridized carbons (Fsp3) is 0.150. The van der Waals surface area contributed by atoms with Gasteiger partial charge in [-0.2, -0.15) is 13.2 Å². The first-order valence-electron chi connectivity index (χ1n) is 8.34. The van der Waals surface area contributed by atoms with E-state index in [0.29, 0.717) is 28.9 Å². The third-order valence-corrected chi connectivity index (χ3v) is 3.68. The lowest BCUT2D eigenvalue weighted by molar-refractivity contribution is -0.176. The minimum atomic E-state index is -4.42. The van der Waals surface area contributed by atoms with Gasteiger partial charge in [0, 0.05) is 11.3 Å². The molecule has 2 aromatic carbocycles. The number of anilines is 1. The molecule has 29 heavy (non-hydrogen) atoms. The first kappa shape index (κ1) is 22.1. The van der Waals surface area contributed by atoms with E-state index in [9.17, 15) is 22.4 Å². The molecule has 5 nitrogen and oxygen atoms in total. The van der Waals surface area contributed by atoms with Gasteiger partial charge < -0.3 is 10.1 Å². The van der Waals surface area contributed by atoms with Crippen molar-refractivity contribution in [3.63, 3.8) is 0 Å². The number of nitrogens with zero attached hydrogens (tertiary/aromatic N) is 1. The van der Waals surface area contributed by atoms with Crippen LogP contribution in [0.15, 0.2) is 66.9 Å². The highest BCUT2D eigenvalue weighted by atomic mass is 19.4. The molecule has 0 aromatic heterocycles. The standard InChI is InChI=1S/C20H19F4N3O2/c1-14(26-13-28)9-19(27(25)18-7-5-17(21)6-8-18)16-4-2-3-15(10-16)11-29-12-20(22,23)24/h2-10,13H,1,11-12,25H2,(H,26,28)/b19-9-. The molecule has 0 unspecified atom stereocenters. The monoisotopic (exact) mass is 409 g/mol. The van der Waals surface area contributed by atoms with Crippen molar-refractivity contribution in [3.05, 3.63) is 83.8 Å². The maximum absolute atomic E-state index is 13.2. The largest absolute Gasteiger partial charge is 0.411 e. The van der Waals surface area contributed by atoms with E-state index in [2.05, 4.69) is 16.6 Å². The first-order chi connectivity index (χ1) is 13.7. The average Bonchev–Trinajstić information content (AvgIpc) is 2.66. The first-order valence-corrected chi connectivity index (χ1v) is 8.34. The van der Waals surface area contributed by atoms with Gasteiger partial charge in [0.15, 0.2) is 0 Å². The van der Waals surface area contributed by atoms with E-state index < -0.39 is 18.6 Å². The molecular formula is C20H19F4N3O2. The summed E-state index contributed by atoms with van der Waals surface area (Å²) in [6, 6.07) is 11.9. The van der Waals surface area contributed by atoms with Gasteiger partial charge in [0.25, 0.3) is 0 Å². The summed E-state index contributed by atoms with van der Waals surface area (Å²) in [5.41, 5.74) is 2.05. The van der Waals surface area contributed by atoms with Crippen molar-refractivity contribution in [3.8, 4) is 0 Å². The molecule has 0 aliphatic heterocycles. The second-order valence-electron chi connectivity index (χ2n) is 5.97. The Morgan fingerprint density at radius 1 is 1.21 bits per heavy atom. The van der Waals surface area contributed by atoms with Crippen LogP contribution in [0, 0.1) is 5.82 Å². The van der Waals surface area contributed by atoms with E-state index in [1.807, 2.05) is 0 Å². The van der Waals surface area contributed by atoms with Gasteiger partial charge in [-0.15, -0.1) is 0 Å². The smallest absolute Gasteiger partial charge is 0.367 e. The molecule has 0 aliphatic carbocycles. The van der Waals surface area contributed by atoms with Crippen molar-refractivity contribution >= 4 is 17.8 Å². The summed E-state index contributed by atoms with van der Waals surface area (Å²) in [4.78, 5) is 10.7. The number of hydrogen-bond acceptors (Lipinski definition) is 4. The third kappa shape index (κ3) is 7.05. The van der Waals surface area contributed by atoms with Gasteiger partial charge in [-0.3, -0.25) is 9.80 Å². The molecule has 1 amide bonds. The lowest BCUT2D eigenvalue weighted by Gasteiger charge is -2.23. The fourth-order valence-electron chi connectivity index (χ4n) is 2.42. The number of allylic oxidation sites excluding steroid dienone is 1. The zero-order valence-electron chi connectivity index (χ0n) is 15.2. The molecule has 0 bridgehead atoms. The van der Waals surface area contributed by atoms with Crippen molar-refractivity contribution in [1.29, 1.82) is 0 Å². The van der Waals surface area contributed by atoms with Gasteiger partial charge >= 0.3 is 6.18 Å². The van der Waals surface area contributed by atoms with Gasteiger partial charge in [0.2, 0.25) is 6.41 Å². The Morgan fingerprint density at radius 2 is 1.90 bits per heavy atom. The molecule has 0 fully saturated rings. The van der Waals surface area contributed by atoms with Crippen LogP contribution in [0.2, 0.25) is 0 Å². The average molecular weight is 409 g/mol. The highest BCUT2D eigenvalue weighted by molar-refractivity contribution is 5.80. The number of ether oxygens (including phenoxy) is 1. The summed E-state index contributed by atoms with van der Waals surface area (Å²) in [7, 11) is 0. The van der Waals surface area contributed by atoms with Crippen LogP contribution in [0.5, 0.6) is 0 Å². The molecule has 0 atom stereocenters. The van der Waals surface area contributed by atoms with Crippen molar-refractivity contribution < 1.29 is 27.1 Å². The second kappa shape index (κ2) is 9.85. The number of alkyl halides is 3. The maximum Gasteiger partial charge on any atom is 0.411 e. The van der Waals surface area contributed by atoms with E-state index >= 15 is 0 Å². The Morgan fingerprint density at radius 3 is 2.52 bits per heavy atom. The minimum absolute atomic E-state index is 0.228. The predicted molar refractivity (Wildman–Crippen MR) is 102 cm³/mol. The molecule has 0 saturated carbocycles. The summed E-state index contributed by atoms with van der Waals surface area (Å²) in [6.07, 6.45) is -2.50. The quantitative estimate of drug-likeness (QED) is 0.217. The zero-order valence-corrected chi connectivity index (χ0v) is 15.2. The number of halogens is 4. The lowest BCUT2D eigenvalue weighted by Crippen LogP contribution is -2.29. The van der Waals surface area contributed by atoms with Crippen LogP contribution in [0.4, 0.5) is 23.2 Å². The van der Waals surface area contributed by atoms with Gasteiger partial charge in [-0.25, -0.2) is 10.2 Å². The highest BCUT2D eigenvalue weighted by Crippen LogP contribution is 2.25. The number of amides is 1. The van der Waals surface area contributed by atoms with Crippen molar-refractivity contribution in [2.75, 3.05) is 11.6 Å². The maximum atomic E-state index is 13.2. The van der Waals surface area contributed by atoms with Crippen LogP contribution >= 0.6 is 0 Å². The van der Waals surface area contributed by atoms with E-state index in [0.717, 1.165) is 0 Å². The number of hydrogen-bond donors (Lipinski definition) is 2. The van der Waals surface area contributed by atoms with Crippen molar-refractivity contribution in [2.24, 2.45) is 5.84 Å². The lowest BCUT2D eigenvalue weighted by atomic mass is 10.1. The molecule has 2 rings (SSSR count). The Kier molecular flexibility index (Phi) is 7.52. The number of nitrogens with two attached hydrogens (primary N) is 1. The van der Waals surface area contributed by atoms with Gasteiger partial charge in [0.05, 0.1) is 18.0 Å². The molecule has 0 spiro atoms. The molecule has 0 aliphatic rings. The molecule has 0 radical (unpaired) electrons. The number of rotatable bonds is 9. The second-order valence-corrected chi connectivity index (χ2v) is 5.97. The molecule has 154 valence electrons. The summed E-state index contributed by atoms with van der Waals surface area (Å²) in [5, 5.41) is 3.63. The Labute approximate surface area is 165 Å². The van der Waals surface area contributed by atoms with Crippen LogP contribution in [0.3, 0.4) is 0 Å². The molecule has 9 heteroatoms. The summed E-state index contributed by atoms with van der Waals surface area (Å²) in [5.74, 6) is 5.74. The highest BCUT2D eigenvalue weighted by Gasteiger charge is 2.27. The Hall–Kier alpha value is -3.17. The van der Waals surface area contributed by atoms with E-state index in [1.54, 1.807) is 24.3 Å². The van der Waals surface area contributed by atoms with E-state index in [4.69, 9.17) is 5.84 Å². The summed E-state index contributed by atoms with van der Waals surface area (Å²) < 4.78 is 54.7. The summed E-state index contributed by atoms with van der Waals surface area (Å²) in [6.45, 7) is 2.07. The van der Waals surface area contributed by atoms with Crippen molar-refractivity contribution in [2.45, 2.75) is 12.8 Å². The van der Waals surface area contributed by atoms with Crippen LogP contribution in [-0.4, -0.2) is 19.2 Å². The number of benzene rings is 2. The Balaban J connectivity index is 2.33. The van der Waals surface area contributed by atoms with Gasteiger partial charge in [-0.05, 0) is 42.0 Å². The molecule has 0 saturated heterocycles. The van der Waals surface area contributed by atoms with Crippen LogP contribution in [0.25, 0.3) is 5.70 Å². The van der Waals surface area contributed by atoms with E-state index in [-0.39, 0.29) is 12.3 Å². The number of nitrogens with one attached hydrogen (secondary N) is 1. The normalized spacial score (nSPS) is 11.8. The fourth-order valence-corrected chi connectivity index (χ4v) is 2.42. The topological polar surface area (TPSA) is 67.6 Å². The number of carbonyl (C=O) groups excluding carboxylic acids is 1. The third-order valence-electron chi connectivity index (χ3n) is 3.68. The van der Waals surface area contributed by atoms with E-state index in [1.165, 1.54) is 35.4 Å². The minimum Gasteiger partial charge on any atom is -0.367 e. The molecule has 2 aromatic rings. The van der Waals surface area contributed by atoms with Gasteiger partial charge in [-0.1, -0.05) is 24.8 Å². The number of carbonyl (C=O) groups is 1. The summed E-state index contributed by atoms with van der Waals surface area (Å²) >= 11 is 0. The SMILES string of the molecule is C=C(/C=C(/c1cccc(COCC(F)(F)F)c1)N(N)c1ccc(F)cc1)NC=O. The molecule has 0 heterocycles. The molecular weight excluding hydrogens is 390 g/mol. The predicted octanol–water partition coefficient (Wildman–Crippen LogP) is 3.89. The van der Waals surface area contributed by atoms with Crippen LogP contribution < -0.4 is 16.2 Å². The van der Waals surface area contributed by atoms with Gasteiger partial charge in [0.1, 0.15) is 12.4 Å². The van der Waals surface area contributed by atoms with Crippen LogP contribution in [-0.2, 0) is 16.1 Å². The van der Waals surface area contributed by atoms with Crippen molar-refractivity contribution in [1.82, 2.24) is 5.32 Å². The zero-order chi connectivity index (χ0) is 21.4. The molecule has 3 N–H and O–H groups in total. The Bertz CT molecular complexity index is 880. The van der Waals surface area contributed by atoms with Crippen LogP contribution in [0.1, 0.15) is 11.1 Å². The number of hydrazine groups is 1.